The molecule has 35 heavy (non-hydrogen) atoms. The number of nitrogens with one attached hydrogen (secondary N) is 2. The lowest BCUT2D eigenvalue weighted by Gasteiger charge is -2.25. The highest BCUT2D eigenvalue weighted by Crippen LogP contribution is 2.36. The predicted molar refractivity (Wildman–Crippen MR) is 127 cm³/mol. The van der Waals surface area contributed by atoms with Crippen LogP contribution >= 0.6 is 0 Å². The normalized spacial score (nSPS) is 18.1. The van der Waals surface area contributed by atoms with Crippen LogP contribution in [0.2, 0.25) is 0 Å². The molecule has 2 aliphatic rings. The fourth-order valence-electron chi connectivity index (χ4n) is 4.25. The molecule has 0 spiro atoms. The van der Waals surface area contributed by atoms with Crippen molar-refractivity contribution in [3.8, 4) is 0 Å². The van der Waals surface area contributed by atoms with Crippen LogP contribution < -0.4 is 15.5 Å². The fourth-order valence-corrected chi connectivity index (χ4v) is 4.25. The minimum atomic E-state index is -0.688. The maximum Gasteiger partial charge on any atom is 0.416 e. The molecule has 4 bridgehead atoms. The standard InChI is InChI=1S/C24H27FN6O4/c1-13-11-34-12-14-7-15(25)9-16(8-14)28-19-17-5-6-30(23(33)35-24(2,3)4)22(17)31-20(29-19)18(10-26-31)21(32)27-13/h7-10,13H,5-6,11-12H2,1-4H3,(H,27,32)(H,28,29). The first kappa shape index (κ1) is 23.0. The minimum Gasteiger partial charge on any atom is -0.443 e. The second-order valence-electron chi connectivity index (χ2n) is 9.80. The van der Waals surface area contributed by atoms with Crippen molar-refractivity contribution >= 4 is 35.0 Å². The molecule has 0 radical (unpaired) electrons. The first-order chi connectivity index (χ1) is 16.6. The Balaban J connectivity index is 1.69. The Bertz CT molecular complexity index is 1330. The number of halogens is 1. The van der Waals surface area contributed by atoms with Gasteiger partial charge < -0.3 is 20.1 Å². The van der Waals surface area contributed by atoms with Crippen molar-refractivity contribution in [3.63, 3.8) is 0 Å². The van der Waals surface area contributed by atoms with Gasteiger partial charge >= 0.3 is 6.09 Å². The van der Waals surface area contributed by atoms with E-state index >= 15 is 0 Å². The molecule has 2 aliphatic heterocycles. The number of hydrogen-bond acceptors (Lipinski definition) is 7. The molecule has 11 heteroatoms. The van der Waals surface area contributed by atoms with Gasteiger partial charge in [-0.2, -0.15) is 9.61 Å². The highest BCUT2D eigenvalue weighted by molar-refractivity contribution is 6.01. The molecule has 2 aromatic heterocycles. The summed E-state index contributed by atoms with van der Waals surface area (Å²) in [4.78, 5) is 32.3. The molecular formula is C24H27FN6O4. The number of ether oxygens (including phenoxy) is 2. The van der Waals surface area contributed by atoms with Crippen LogP contribution in [-0.4, -0.2) is 51.4 Å². The monoisotopic (exact) mass is 482 g/mol. The van der Waals surface area contributed by atoms with Crippen LogP contribution in [0.4, 0.5) is 26.5 Å². The van der Waals surface area contributed by atoms with E-state index in [0.717, 1.165) is 0 Å². The van der Waals surface area contributed by atoms with Gasteiger partial charge in [-0.15, -0.1) is 0 Å². The smallest absolute Gasteiger partial charge is 0.416 e. The number of rotatable bonds is 0. The molecule has 1 atom stereocenters. The Morgan fingerprint density at radius 1 is 1.29 bits per heavy atom. The highest BCUT2D eigenvalue weighted by atomic mass is 19.1. The van der Waals surface area contributed by atoms with Gasteiger partial charge in [-0.1, -0.05) is 0 Å². The van der Waals surface area contributed by atoms with Crippen LogP contribution in [0, 0.1) is 5.82 Å². The van der Waals surface area contributed by atoms with Crippen molar-refractivity contribution < 1.29 is 23.5 Å². The third-order valence-electron chi connectivity index (χ3n) is 5.65. The van der Waals surface area contributed by atoms with E-state index < -0.39 is 17.5 Å². The number of carbonyl (C=O) groups is 2. The number of nitrogens with zero attached hydrogens (tertiary/aromatic N) is 4. The van der Waals surface area contributed by atoms with Crippen LogP contribution in [0.15, 0.2) is 24.4 Å². The topological polar surface area (TPSA) is 110 Å². The van der Waals surface area contributed by atoms with Gasteiger partial charge in [-0.25, -0.2) is 14.2 Å². The van der Waals surface area contributed by atoms with Gasteiger partial charge in [0.1, 0.15) is 28.6 Å². The van der Waals surface area contributed by atoms with Crippen LogP contribution in [0.3, 0.4) is 0 Å². The van der Waals surface area contributed by atoms with Crippen LogP contribution in [0.25, 0.3) is 5.65 Å². The molecule has 0 aliphatic carbocycles. The van der Waals surface area contributed by atoms with E-state index in [4.69, 9.17) is 14.5 Å². The van der Waals surface area contributed by atoms with Crippen molar-refractivity contribution in [1.29, 1.82) is 0 Å². The van der Waals surface area contributed by atoms with E-state index in [0.29, 0.717) is 41.4 Å². The Kier molecular flexibility index (Phi) is 5.59. The molecule has 0 saturated carbocycles. The van der Waals surface area contributed by atoms with Crippen molar-refractivity contribution in [2.45, 2.75) is 52.4 Å². The highest BCUT2D eigenvalue weighted by Gasteiger charge is 2.35. The first-order valence-corrected chi connectivity index (χ1v) is 11.5. The Morgan fingerprint density at radius 2 is 2.09 bits per heavy atom. The summed E-state index contributed by atoms with van der Waals surface area (Å²) in [6.45, 7) is 7.97. The van der Waals surface area contributed by atoms with Crippen molar-refractivity contribution in [2.24, 2.45) is 0 Å². The van der Waals surface area contributed by atoms with Crippen LogP contribution in [-0.2, 0) is 22.5 Å². The lowest BCUT2D eigenvalue weighted by atomic mass is 10.2. The number of hydrogen-bond donors (Lipinski definition) is 2. The largest absolute Gasteiger partial charge is 0.443 e. The lowest BCUT2D eigenvalue weighted by Crippen LogP contribution is -2.37. The van der Waals surface area contributed by atoms with Gasteiger partial charge in [0.15, 0.2) is 5.65 Å². The molecule has 1 aromatic carbocycles. The van der Waals surface area contributed by atoms with Crippen molar-refractivity contribution in [1.82, 2.24) is 19.9 Å². The maximum absolute atomic E-state index is 14.4. The van der Waals surface area contributed by atoms with Crippen LogP contribution in [0.5, 0.6) is 0 Å². The zero-order chi connectivity index (χ0) is 24.9. The van der Waals surface area contributed by atoms with E-state index in [1.807, 2.05) is 6.92 Å². The van der Waals surface area contributed by atoms with E-state index in [1.165, 1.54) is 27.7 Å². The second kappa shape index (κ2) is 8.49. The molecule has 184 valence electrons. The van der Waals surface area contributed by atoms with E-state index in [9.17, 15) is 14.0 Å². The Hall–Kier alpha value is -3.73. The number of anilines is 3. The zero-order valence-corrected chi connectivity index (χ0v) is 20.0. The molecule has 3 aromatic rings. The van der Waals surface area contributed by atoms with Crippen molar-refractivity contribution in [2.75, 3.05) is 23.4 Å². The van der Waals surface area contributed by atoms with Gasteiger partial charge in [0.25, 0.3) is 5.91 Å². The number of fused-ring (bicyclic) bond motifs is 6. The molecule has 0 fully saturated rings. The van der Waals surface area contributed by atoms with Gasteiger partial charge in [-0.3, -0.25) is 9.69 Å². The van der Waals surface area contributed by atoms with Gasteiger partial charge in [0.05, 0.1) is 19.4 Å². The van der Waals surface area contributed by atoms with Gasteiger partial charge in [-0.05, 0) is 57.9 Å². The number of amides is 2. The quantitative estimate of drug-likeness (QED) is 0.504. The van der Waals surface area contributed by atoms with Crippen molar-refractivity contribution in [3.05, 3.63) is 46.9 Å². The summed E-state index contributed by atoms with van der Waals surface area (Å²) in [6.07, 6.45) is 1.38. The van der Waals surface area contributed by atoms with E-state index in [1.54, 1.807) is 26.8 Å². The van der Waals surface area contributed by atoms with E-state index in [2.05, 4.69) is 15.7 Å². The lowest BCUT2D eigenvalue weighted by molar-refractivity contribution is 0.0582. The summed E-state index contributed by atoms with van der Waals surface area (Å²) in [5.41, 5.74) is 1.65. The van der Waals surface area contributed by atoms with E-state index in [-0.39, 0.29) is 36.4 Å². The zero-order valence-electron chi connectivity index (χ0n) is 20.0. The summed E-state index contributed by atoms with van der Waals surface area (Å²) in [5.74, 6) is 0.0970. The SMILES string of the molecule is CC1COCc2cc(F)cc(c2)Nc2nc3c(cnn3c3c2CCN3C(=O)OC(C)(C)C)C(=O)N1. The summed E-state index contributed by atoms with van der Waals surface area (Å²) in [6, 6.07) is 4.24. The Morgan fingerprint density at radius 3 is 2.86 bits per heavy atom. The van der Waals surface area contributed by atoms with Crippen LogP contribution in [0.1, 0.15) is 49.2 Å². The molecule has 10 nitrogen and oxygen atoms in total. The molecule has 1 unspecified atom stereocenters. The fraction of sp³-hybridized carbons (Fsp3) is 0.417. The number of benzene rings is 1. The molecule has 2 amide bonds. The summed E-state index contributed by atoms with van der Waals surface area (Å²) in [7, 11) is 0. The summed E-state index contributed by atoms with van der Waals surface area (Å²) in [5, 5.41) is 10.5. The molecule has 0 saturated heterocycles. The average Bonchev–Trinajstić information content (AvgIpc) is 3.36. The molecule has 4 heterocycles. The van der Waals surface area contributed by atoms with Gasteiger partial charge in [0, 0.05) is 23.8 Å². The second-order valence-corrected chi connectivity index (χ2v) is 9.80. The maximum atomic E-state index is 14.4. The molecule has 5 rings (SSSR count). The first-order valence-electron chi connectivity index (χ1n) is 11.5. The third-order valence-corrected chi connectivity index (χ3v) is 5.65. The Labute approximate surface area is 201 Å². The average molecular weight is 483 g/mol. The third kappa shape index (κ3) is 4.51. The molecule has 2 N–H and O–H groups in total. The predicted octanol–water partition coefficient (Wildman–Crippen LogP) is 3.56. The summed E-state index contributed by atoms with van der Waals surface area (Å²) >= 11 is 0. The number of carbonyl (C=O) groups excluding carboxylic acids is 2. The molecular weight excluding hydrogens is 455 g/mol. The minimum absolute atomic E-state index is 0.183. The summed E-state index contributed by atoms with van der Waals surface area (Å²) < 4.78 is 27.2. The number of aromatic nitrogens is 3. The van der Waals surface area contributed by atoms with Gasteiger partial charge in [0.2, 0.25) is 0 Å².